The largest absolute Gasteiger partial charge is 0.493 e. The summed E-state index contributed by atoms with van der Waals surface area (Å²) in [5, 5.41) is 0.741. The van der Waals surface area contributed by atoms with Crippen LogP contribution in [0.1, 0.15) is 0 Å². The van der Waals surface area contributed by atoms with Crippen LogP contribution >= 0.6 is 0 Å². The maximum absolute atomic E-state index is 5.80. The number of hydrogen-bond acceptors (Lipinski definition) is 6. The van der Waals surface area contributed by atoms with E-state index in [9.17, 15) is 0 Å². The molecule has 6 heteroatoms. The van der Waals surface area contributed by atoms with Crippen molar-refractivity contribution in [2.45, 2.75) is 0 Å². The molecule has 0 atom stereocenters. The van der Waals surface area contributed by atoms with Gasteiger partial charge >= 0.3 is 0 Å². The highest BCUT2D eigenvalue weighted by molar-refractivity contribution is 5.90. The lowest BCUT2D eigenvalue weighted by Gasteiger charge is -2.11. The third-order valence-electron chi connectivity index (χ3n) is 2.50. The number of methoxy groups -OCH3 is 2. The molecule has 0 radical (unpaired) electrons. The zero-order valence-electron chi connectivity index (χ0n) is 10.3. The second-order valence-corrected chi connectivity index (χ2v) is 3.62. The lowest BCUT2D eigenvalue weighted by molar-refractivity contribution is 0.144. The number of aromatic nitrogens is 2. The Morgan fingerprint density at radius 2 is 1.94 bits per heavy atom. The number of rotatable bonds is 5. The maximum Gasteiger partial charge on any atom is 0.162 e. The summed E-state index contributed by atoms with van der Waals surface area (Å²) in [6.45, 7) is 0.938. The highest BCUT2D eigenvalue weighted by Gasteiger charge is 2.09. The molecular weight excluding hydrogens is 234 g/mol. The monoisotopic (exact) mass is 249 g/mol. The van der Waals surface area contributed by atoms with Crippen LogP contribution in [0, 0.1) is 0 Å². The van der Waals surface area contributed by atoms with Crippen LogP contribution in [-0.2, 0) is 4.74 Å². The van der Waals surface area contributed by atoms with Crippen molar-refractivity contribution in [1.29, 1.82) is 0 Å². The van der Waals surface area contributed by atoms with Crippen LogP contribution in [0.25, 0.3) is 10.9 Å². The summed E-state index contributed by atoms with van der Waals surface area (Å²) < 4.78 is 15.8. The minimum absolute atomic E-state index is 0.416. The van der Waals surface area contributed by atoms with Crippen LogP contribution in [0.3, 0.4) is 0 Å². The van der Waals surface area contributed by atoms with Crippen LogP contribution in [0.15, 0.2) is 18.5 Å². The molecule has 0 aliphatic carbocycles. The Balaban J connectivity index is 2.40. The Morgan fingerprint density at radius 3 is 2.67 bits per heavy atom. The molecular formula is C12H15N3O3. The van der Waals surface area contributed by atoms with E-state index < -0.39 is 0 Å². The molecule has 18 heavy (non-hydrogen) atoms. The smallest absolute Gasteiger partial charge is 0.162 e. The minimum atomic E-state index is 0.416. The second-order valence-electron chi connectivity index (χ2n) is 3.62. The Hall–Kier alpha value is -2.08. The first-order valence-electron chi connectivity index (χ1n) is 5.46. The maximum atomic E-state index is 5.80. The van der Waals surface area contributed by atoms with E-state index in [0.717, 1.165) is 10.9 Å². The van der Waals surface area contributed by atoms with Crippen LogP contribution in [-0.4, -0.2) is 37.4 Å². The van der Waals surface area contributed by atoms with Crippen LogP contribution < -0.4 is 15.2 Å². The summed E-state index contributed by atoms with van der Waals surface area (Å²) in [6, 6.07) is 3.55. The molecule has 0 amide bonds. The van der Waals surface area contributed by atoms with Crippen molar-refractivity contribution < 1.29 is 14.2 Å². The summed E-state index contributed by atoms with van der Waals surface area (Å²) in [5.74, 6) is 1.62. The van der Waals surface area contributed by atoms with Gasteiger partial charge in [-0.3, -0.25) is 0 Å². The third-order valence-corrected chi connectivity index (χ3v) is 2.50. The summed E-state index contributed by atoms with van der Waals surface area (Å²) in [7, 11) is 3.20. The van der Waals surface area contributed by atoms with E-state index in [1.54, 1.807) is 26.4 Å². The SMILES string of the molecule is COCCOc1cc2c(N)ncnc2cc1OC. The van der Waals surface area contributed by atoms with E-state index in [1.807, 2.05) is 0 Å². The van der Waals surface area contributed by atoms with Gasteiger partial charge in [0.05, 0.1) is 19.2 Å². The molecule has 1 heterocycles. The quantitative estimate of drug-likeness (QED) is 0.803. The lowest BCUT2D eigenvalue weighted by atomic mass is 10.2. The van der Waals surface area contributed by atoms with E-state index in [1.165, 1.54) is 6.33 Å². The van der Waals surface area contributed by atoms with Gasteiger partial charge in [-0.15, -0.1) is 0 Å². The average molecular weight is 249 g/mol. The van der Waals surface area contributed by atoms with Gasteiger partial charge in [0.2, 0.25) is 0 Å². The summed E-state index contributed by atoms with van der Waals surface area (Å²) in [4.78, 5) is 8.08. The van der Waals surface area contributed by atoms with E-state index in [0.29, 0.717) is 30.5 Å². The second kappa shape index (κ2) is 5.50. The van der Waals surface area contributed by atoms with Crippen molar-refractivity contribution in [3.05, 3.63) is 18.5 Å². The molecule has 6 nitrogen and oxygen atoms in total. The van der Waals surface area contributed by atoms with Gasteiger partial charge in [-0.05, 0) is 6.07 Å². The molecule has 0 aliphatic heterocycles. The molecule has 2 N–H and O–H groups in total. The fraction of sp³-hybridized carbons (Fsp3) is 0.333. The van der Waals surface area contributed by atoms with Gasteiger partial charge in [-0.1, -0.05) is 0 Å². The molecule has 0 spiro atoms. The van der Waals surface area contributed by atoms with Crippen molar-refractivity contribution >= 4 is 16.7 Å². The van der Waals surface area contributed by atoms with Crippen molar-refractivity contribution in [1.82, 2.24) is 9.97 Å². The number of anilines is 1. The topological polar surface area (TPSA) is 79.5 Å². The van der Waals surface area contributed by atoms with Gasteiger partial charge in [0.15, 0.2) is 11.5 Å². The molecule has 1 aromatic heterocycles. The zero-order valence-corrected chi connectivity index (χ0v) is 10.3. The number of nitrogen functional groups attached to an aromatic ring is 1. The minimum Gasteiger partial charge on any atom is -0.493 e. The first-order valence-corrected chi connectivity index (χ1v) is 5.46. The number of hydrogen-bond donors (Lipinski definition) is 1. The summed E-state index contributed by atoms with van der Waals surface area (Å²) >= 11 is 0. The Kier molecular flexibility index (Phi) is 3.78. The number of nitrogens with two attached hydrogens (primary N) is 1. The first kappa shape index (κ1) is 12.4. The number of benzene rings is 1. The molecule has 0 fully saturated rings. The van der Waals surface area contributed by atoms with Crippen molar-refractivity contribution in [3.63, 3.8) is 0 Å². The zero-order chi connectivity index (χ0) is 13.0. The summed E-state index contributed by atoms with van der Waals surface area (Å²) in [5.41, 5.74) is 6.52. The molecule has 0 aliphatic rings. The van der Waals surface area contributed by atoms with Crippen molar-refractivity contribution in [2.24, 2.45) is 0 Å². The highest BCUT2D eigenvalue weighted by Crippen LogP contribution is 2.32. The standard InChI is InChI=1S/C12H15N3O3/c1-16-3-4-18-11-5-8-9(6-10(11)17-2)14-7-15-12(8)13/h5-7H,3-4H2,1-2H3,(H2,13,14,15). The molecule has 0 unspecified atom stereocenters. The Morgan fingerprint density at radius 1 is 1.11 bits per heavy atom. The van der Waals surface area contributed by atoms with E-state index in [4.69, 9.17) is 19.9 Å². The van der Waals surface area contributed by atoms with Gasteiger partial charge < -0.3 is 19.9 Å². The molecule has 0 saturated heterocycles. The normalized spacial score (nSPS) is 10.6. The number of nitrogens with zero attached hydrogens (tertiary/aromatic N) is 2. The molecule has 0 bridgehead atoms. The Labute approximate surface area is 105 Å². The fourth-order valence-corrected chi connectivity index (χ4v) is 1.59. The van der Waals surface area contributed by atoms with Gasteiger partial charge in [-0.2, -0.15) is 0 Å². The molecule has 96 valence electrons. The van der Waals surface area contributed by atoms with Crippen molar-refractivity contribution in [2.75, 3.05) is 33.2 Å². The summed E-state index contributed by atoms with van der Waals surface area (Å²) in [6.07, 6.45) is 1.42. The number of fused-ring (bicyclic) bond motifs is 1. The predicted octanol–water partition coefficient (Wildman–Crippen LogP) is 1.25. The predicted molar refractivity (Wildman–Crippen MR) is 67.9 cm³/mol. The van der Waals surface area contributed by atoms with Crippen LogP contribution in [0.2, 0.25) is 0 Å². The Bertz CT molecular complexity index is 545. The third kappa shape index (κ3) is 2.43. The van der Waals surface area contributed by atoms with Gasteiger partial charge in [0.1, 0.15) is 18.8 Å². The van der Waals surface area contributed by atoms with Gasteiger partial charge in [-0.25, -0.2) is 9.97 Å². The van der Waals surface area contributed by atoms with Crippen LogP contribution in [0.4, 0.5) is 5.82 Å². The number of ether oxygens (including phenoxy) is 3. The molecule has 0 saturated carbocycles. The van der Waals surface area contributed by atoms with Gasteiger partial charge in [0, 0.05) is 18.6 Å². The molecule has 1 aromatic carbocycles. The lowest BCUT2D eigenvalue weighted by Crippen LogP contribution is -2.05. The first-order chi connectivity index (χ1) is 8.76. The van der Waals surface area contributed by atoms with E-state index in [-0.39, 0.29) is 0 Å². The van der Waals surface area contributed by atoms with E-state index >= 15 is 0 Å². The molecule has 2 rings (SSSR count). The van der Waals surface area contributed by atoms with E-state index in [2.05, 4.69) is 9.97 Å². The molecule has 2 aromatic rings. The fourth-order valence-electron chi connectivity index (χ4n) is 1.59. The van der Waals surface area contributed by atoms with Gasteiger partial charge in [0.25, 0.3) is 0 Å². The van der Waals surface area contributed by atoms with Crippen molar-refractivity contribution in [3.8, 4) is 11.5 Å². The highest BCUT2D eigenvalue weighted by atomic mass is 16.5. The average Bonchev–Trinajstić information content (AvgIpc) is 2.39. The van der Waals surface area contributed by atoms with Crippen LogP contribution in [0.5, 0.6) is 11.5 Å².